The van der Waals surface area contributed by atoms with Gasteiger partial charge in [-0.3, -0.25) is 9.69 Å². The molecule has 2 aliphatic rings. The lowest BCUT2D eigenvalue weighted by Gasteiger charge is -2.37. The van der Waals surface area contributed by atoms with E-state index in [2.05, 4.69) is 15.1 Å². The lowest BCUT2D eigenvalue weighted by atomic mass is 9.84. The first-order valence-corrected chi connectivity index (χ1v) is 25.7. The van der Waals surface area contributed by atoms with E-state index in [1.54, 1.807) is 12.1 Å². The maximum atomic E-state index is 14.2. The number of piperidine rings is 1. The van der Waals surface area contributed by atoms with Crippen molar-refractivity contribution in [2.45, 2.75) is 51.6 Å². The summed E-state index contributed by atoms with van der Waals surface area (Å²) >= 11 is 7.58. The average Bonchev–Trinajstić information content (AvgIpc) is 3.32. The van der Waals surface area contributed by atoms with Gasteiger partial charge >= 0.3 is 5.51 Å². The van der Waals surface area contributed by atoms with Crippen LogP contribution in [0, 0.1) is 5.92 Å². The lowest BCUT2D eigenvalue weighted by Crippen LogP contribution is -2.39. The number of halogens is 4. The van der Waals surface area contributed by atoms with E-state index in [0.29, 0.717) is 82.0 Å². The molecule has 0 unspecified atom stereocenters. The molecule has 352 valence electrons. The largest absolute Gasteiger partial charge is 0.501 e. The minimum absolute atomic E-state index is 0.0483. The van der Waals surface area contributed by atoms with Crippen molar-refractivity contribution in [1.29, 1.82) is 0 Å². The smallest absolute Gasteiger partial charge is 0.380 e. The van der Waals surface area contributed by atoms with E-state index < -0.39 is 59.6 Å². The third kappa shape index (κ3) is 12.3. The second kappa shape index (κ2) is 22.0. The molecule has 2 heterocycles. The minimum Gasteiger partial charge on any atom is -0.380 e. The number of carbonyl (C=O) groups excluding carboxylic acids is 1. The van der Waals surface area contributed by atoms with Crippen molar-refractivity contribution in [3.63, 3.8) is 0 Å². The fourth-order valence-electron chi connectivity index (χ4n) is 8.15. The predicted molar refractivity (Wildman–Crippen MR) is 250 cm³/mol. The van der Waals surface area contributed by atoms with Gasteiger partial charge in [0.25, 0.3) is 25.8 Å². The highest BCUT2D eigenvalue weighted by atomic mass is 35.5. The molecule has 2 aliphatic heterocycles. The van der Waals surface area contributed by atoms with Gasteiger partial charge in [0.1, 0.15) is 11.7 Å². The zero-order valence-corrected chi connectivity index (χ0v) is 38.9. The van der Waals surface area contributed by atoms with Crippen LogP contribution in [-0.2, 0) is 29.3 Å². The number of carbonyl (C=O) groups is 1. The summed E-state index contributed by atoms with van der Waals surface area (Å²) in [6.07, 6.45) is 1.46. The van der Waals surface area contributed by atoms with Crippen molar-refractivity contribution in [1.82, 2.24) is 9.62 Å². The van der Waals surface area contributed by atoms with Crippen LogP contribution >= 0.6 is 23.4 Å². The molecule has 66 heavy (non-hydrogen) atoms. The van der Waals surface area contributed by atoms with E-state index in [-0.39, 0.29) is 17.6 Å². The maximum absolute atomic E-state index is 14.2. The monoisotopic (exact) mass is 986 g/mol. The molecule has 2 fully saturated rings. The number of morpholine rings is 1. The molecule has 19 heteroatoms. The SMILES string of the molecule is O=C(NS(=O)(=O)c1ccc(N[C@H](CCN2CCOCC2)CSc2ccccc2)c(S(=O)(=O)C(F)(F)F)c1)c1ccc(N2CCC([C@@H](OCO)c3ccccc3-c3ccc(Cl)cc3)CC2)cc1. The Bertz CT molecular complexity index is 2630. The van der Waals surface area contributed by atoms with Crippen molar-refractivity contribution in [2.24, 2.45) is 5.92 Å². The average molecular weight is 988 g/mol. The number of sulfonamides is 1. The first-order chi connectivity index (χ1) is 31.6. The molecule has 1 amide bonds. The number of aliphatic hydroxyl groups is 1. The fourth-order valence-corrected chi connectivity index (χ4v) is 11.3. The molecule has 7 rings (SSSR count). The number of rotatable bonds is 18. The van der Waals surface area contributed by atoms with Crippen LogP contribution in [0.4, 0.5) is 24.5 Å². The van der Waals surface area contributed by atoms with Crippen LogP contribution in [0.15, 0.2) is 136 Å². The number of nitrogens with one attached hydrogen (secondary N) is 2. The number of anilines is 2. The molecule has 2 atom stereocenters. The first-order valence-electron chi connectivity index (χ1n) is 21.3. The quantitative estimate of drug-likeness (QED) is 0.0569. The summed E-state index contributed by atoms with van der Waals surface area (Å²) in [6, 6.07) is 32.8. The molecular formula is C47H50ClF3N4O8S3. The maximum Gasteiger partial charge on any atom is 0.501 e. The minimum atomic E-state index is -6.07. The van der Waals surface area contributed by atoms with Crippen LogP contribution in [0.25, 0.3) is 11.1 Å². The standard InChI is InChI=1S/C47H50ClF3N4O8S3/c48-36-14-10-33(11-15-36)41-8-4-5-9-42(41)45(63-32-56)34-20-24-55(25-21-34)38-16-12-35(13-17-38)46(57)53-66(60,61)40-18-19-43(44(30-40)65(58,59)47(49,50)51)52-37(22-23-54-26-28-62-29-27-54)31-64-39-6-2-1-3-7-39/h1-19,30,34,37,45,52,56H,20-29,31-32H2,(H,53,57)/t37-,45-/m1/s1. The van der Waals surface area contributed by atoms with Crippen molar-refractivity contribution in [2.75, 3.05) is 68.7 Å². The van der Waals surface area contributed by atoms with Crippen molar-refractivity contribution < 1.29 is 49.4 Å². The van der Waals surface area contributed by atoms with Crippen LogP contribution in [-0.4, -0.2) is 103 Å². The zero-order valence-electron chi connectivity index (χ0n) is 35.7. The number of hydrogen-bond acceptors (Lipinski definition) is 12. The lowest BCUT2D eigenvalue weighted by molar-refractivity contribution is -0.0789. The van der Waals surface area contributed by atoms with Crippen molar-refractivity contribution >= 4 is 60.5 Å². The van der Waals surface area contributed by atoms with Crippen LogP contribution in [0.1, 0.15) is 41.3 Å². The Hall–Kier alpha value is -4.66. The molecule has 0 spiro atoms. The number of thioether (sulfide) groups is 1. The Morgan fingerprint density at radius 1 is 0.864 bits per heavy atom. The highest BCUT2D eigenvalue weighted by Crippen LogP contribution is 2.40. The van der Waals surface area contributed by atoms with E-state index >= 15 is 0 Å². The normalized spacial score (nSPS) is 16.4. The van der Waals surface area contributed by atoms with Crippen LogP contribution in [0.3, 0.4) is 0 Å². The third-order valence-electron chi connectivity index (χ3n) is 11.7. The zero-order chi connectivity index (χ0) is 46.9. The third-order valence-corrected chi connectivity index (χ3v) is 16.0. The highest BCUT2D eigenvalue weighted by Gasteiger charge is 2.48. The molecule has 0 saturated carbocycles. The van der Waals surface area contributed by atoms with E-state index in [0.717, 1.165) is 39.4 Å². The molecule has 2 saturated heterocycles. The Balaban J connectivity index is 1.03. The van der Waals surface area contributed by atoms with Gasteiger partial charge in [0.15, 0.2) is 0 Å². The Morgan fingerprint density at radius 2 is 1.53 bits per heavy atom. The second-order valence-electron chi connectivity index (χ2n) is 15.9. The van der Waals surface area contributed by atoms with Gasteiger partial charge in [-0.15, -0.1) is 11.8 Å². The van der Waals surface area contributed by atoms with Gasteiger partial charge in [0.2, 0.25) is 0 Å². The molecular weight excluding hydrogens is 937 g/mol. The van der Waals surface area contributed by atoms with E-state index in [4.69, 9.17) is 21.1 Å². The molecule has 0 bridgehead atoms. The molecule has 12 nitrogen and oxygen atoms in total. The number of benzene rings is 5. The molecule has 0 aliphatic carbocycles. The molecule has 0 radical (unpaired) electrons. The van der Waals surface area contributed by atoms with Gasteiger partial charge in [0.05, 0.1) is 29.9 Å². The molecule has 0 aromatic heterocycles. The van der Waals surface area contributed by atoms with Crippen LogP contribution < -0.4 is 14.9 Å². The number of ether oxygens (including phenoxy) is 2. The van der Waals surface area contributed by atoms with E-state index in [1.165, 1.54) is 23.9 Å². The summed E-state index contributed by atoms with van der Waals surface area (Å²) in [5.41, 5.74) is -2.57. The Kier molecular flexibility index (Phi) is 16.4. The topological polar surface area (TPSA) is 155 Å². The number of aliphatic hydroxyl groups excluding tert-OH is 1. The molecule has 5 aromatic rings. The van der Waals surface area contributed by atoms with Crippen LogP contribution in [0.2, 0.25) is 5.02 Å². The number of alkyl halides is 3. The predicted octanol–water partition coefficient (Wildman–Crippen LogP) is 8.64. The van der Waals surface area contributed by atoms with Gasteiger partial charge in [-0.25, -0.2) is 21.6 Å². The number of hydrogen-bond donors (Lipinski definition) is 3. The fraction of sp³-hybridized carbons (Fsp3) is 0.340. The van der Waals surface area contributed by atoms with Gasteiger partial charge in [-0.2, -0.15) is 13.2 Å². The van der Waals surface area contributed by atoms with Gasteiger partial charge in [0, 0.05) is 65.7 Å². The van der Waals surface area contributed by atoms with Crippen molar-refractivity contribution in [3.05, 3.63) is 137 Å². The van der Waals surface area contributed by atoms with Crippen LogP contribution in [0.5, 0.6) is 0 Å². The van der Waals surface area contributed by atoms with Gasteiger partial charge in [-0.1, -0.05) is 66.2 Å². The van der Waals surface area contributed by atoms with Gasteiger partial charge in [-0.05, 0) is 109 Å². The summed E-state index contributed by atoms with van der Waals surface area (Å²) in [4.78, 5) is 16.4. The molecule has 3 N–H and O–H groups in total. The first kappa shape index (κ1) is 49.3. The Morgan fingerprint density at radius 3 is 2.20 bits per heavy atom. The molecule has 5 aromatic carbocycles. The second-order valence-corrected chi connectivity index (χ2v) is 21.1. The number of sulfone groups is 1. The van der Waals surface area contributed by atoms with Crippen molar-refractivity contribution in [3.8, 4) is 11.1 Å². The highest BCUT2D eigenvalue weighted by molar-refractivity contribution is 7.99. The summed E-state index contributed by atoms with van der Waals surface area (Å²) in [5.74, 6) is -0.644. The summed E-state index contributed by atoms with van der Waals surface area (Å²) in [7, 11) is -11.0. The number of nitrogens with zero attached hydrogens (tertiary/aromatic N) is 2. The number of amides is 1. The van der Waals surface area contributed by atoms with E-state index in [1.807, 2.05) is 83.6 Å². The Labute approximate surface area is 392 Å². The van der Waals surface area contributed by atoms with E-state index in [9.17, 15) is 39.9 Å². The summed E-state index contributed by atoms with van der Waals surface area (Å²) in [6.45, 7) is 3.74. The summed E-state index contributed by atoms with van der Waals surface area (Å²) in [5, 5.41) is 13.5. The van der Waals surface area contributed by atoms with Gasteiger partial charge < -0.3 is 24.8 Å². The summed E-state index contributed by atoms with van der Waals surface area (Å²) < 4.78 is 109.